The molecule has 24 heavy (non-hydrogen) atoms. The number of aryl methyl sites for hydroxylation is 2. The van der Waals surface area contributed by atoms with Crippen LogP contribution in [-0.2, 0) is 0 Å². The van der Waals surface area contributed by atoms with Crippen molar-refractivity contribution in [1.82, 2.24) is 0 Å². The Morgan fingerprint density at radius 3 is 2.29 bits per heavy atom. The molecule has 0 radical (unpaired) electrons. The summed E-state index contributed by atoms with van der Waals surface area (Å²) in [5.41, 5.74) is 6.45. The Morgan fingerprint density at radius 2 is 1.75 bits per heavy atom. The zero-order chi connectivity index (χ0) is 17.5. The molecule has 2 aromatic carbocycles. The molecule has 0 aliphatic carbocycles. The maximum absolute atomic E-state index is 12.5. The lowest BCUT2D eigenvalue weighted by atomic mass is 10.1. The van der Waals surface area contributed by atoms with Crippen molar-refractivity contribution in [1.29, 1.82) is 0 Å². The van der Waals surface area contributed by atoms with Crippen LogP contribution in [0.3, 0.4) is 0 Å². The van der Waals surface area contributed by atoms with Gasteiger partial charge in [0.25, 0.3) is 0 Å². The van der Waals surface area contributed by atoms with E-state index < -0.39 is 0 Å². The highest BCUT2D eigenvalue weighted by molar-refractivity contribution is 6.64. The average molecular weight is 324 g/mol. The maximum atomic E-state index is 12.5. The Kier molecular flexibility index (Phi) is 5.68. The van der Waals surface area contributed by atoms with Crippen molar-refractivity contribution >= 4 is 23.4 Å². The number of anilines is 1. The van der Waals surface area contributed by atoms with Crippen LogP contribution < -0.4 is 16.0 Å². The van der Waals surface area contributed by atoms with Gasteiger partial charge in [-0.15, -0.1) is 0 Å². The smallest absolute Gasteiger partial charge is 0.214 e. The first-order chi connectivity index (χ1) is 11.5. The van der Waals surface area contributed by atoms with E-state index in [4.69, 9.17) is 10.6 Å². The van der Waals surface area contributed by atoms with Crippen molar-refractivity contribution in [2.75, 3.05) is 12.5 Å². The van der Waals surface area contributed by atoms with Gasteiger partial charge in [0.15, 0.2) is 5.71 Å². The third kappa shape index (κ3) is 4.42. The lowest BCUT2D eigenvalue weighted by Crippen LogP contribution is -2.18. The van der Waals surface area contributed by atoms with E-state index in [1.165, 1.54) is 6.21 Å². The molecular weight excluding hydrogens is 304 g/mol. The molecule has 0 amide bonds. The van der Waals surface area contributed by atoms with E-state index in [1.807, 2.05) is 26.0 Å². The van der Waals surface area contributed by atoms with Gasteiger partial charge in [-0.1, -0.05) is 6.07 Å². The molecule has 0 bridgehead atoms. The zero-order valence-electron chi connectivity index (χ0n) is 13.9. The van der Waals surface area contributed by atoms with Crippen LogP contribution in [0.25, 0.3) is 0 Å². The summed E-state index contributed by atoms with van der Waals surface area (Å²) in [7, 11) is 1.57. The van der Waals surface area contributed by atoms with Gasteiger partial charge in [-0.25, -0.2) is 0 Å². The van der Waals surface area contributed by atoms with Crippen molar-refractivity contribution in [2.45, 2.75) is 13.8 Å². The summed E-state index contributed by atoms with van der Waals surface area (Å²) in [5, 5.41) is 7.56. The highest BCUT2D eigenvalue weighted by Crippen LogP contribution is 2.15. The number of carbonyl (C=O) groups is 1. The lowest BCUT2D eigenvalue weighted by Gasteiger charge is -2.06. The fraction of sp³-hybridized carbons (Fsp3) is 0.167. The summed E-state index contributed by atoms with van der Waals surface area (Å²) in [6, 6.07) is 12.7. The zero-order valence-corrected chi connectivity index (χ0v) is 13.9. The van der Waals surface area contributed by atoms with Gasteiger partial charge in [0.2, 0.25) is 5.78 Å². The molecule has 0 aliphatic rings. The largest absolute Gasteiger partial charge is 0.497 e. The van der Waals surface area contributed by atoms with Crippen molar-refractivity contribution in [2.24, 2.45) is 16.0 Å². The van der Waals surface area contributed by atoms with Crippen LogP contribution in [0.2, 0.25) is 0 Å². The standard InChI is InChI=1S/C18H20N4O2/c1-12-8-13(2)10-15(9-12)21-22-17(11-20-19)18(23)14-4-6-16(24-3)7-5-14/h4-11,21H,19H2,1-3H3/b20-11-,22-17-. The van der Waals surface area contributed by atoms with Crippen LogP contribution in [0.5, 0.6) is 5.75 Å². The molecule has 0 fully saturated rings. The molecule has 0 atom stereocenters. The van der Waals surface area contributed by atoms with Crippen LogP contribution >= 0.6 is 0 Å². The van der Waals surface area contributed by atoms with Crippen LogP contribution in [0.15, 0.2) is 52.7 Å². The second kappa shape index (κ2) is 7.92. The molecule has 124 valence electrons. The highest BCUT2D eigenvalue weighted by atomic mass is 16.5. The first-order valence-corrected chi connectivity index (χ1v) is 7.37. The van der Waals surface area contributed by atoms with E-state index in [2.05, 4.69) is 21.7 Å². The minimum absolute atomic E-state index is 0.113. The number of benzene rings is 2. The lowest BCUT2D eigenvalue weighted by molar-refractivity contribution is 0.106. The van der Waals surface area contributed by atoms with Gasteiger partial charge < -0.3 is 10.6 Å². The van der Waals surface area contributed by atoms with Gasteiger partial charge in [-0.05, 0) is 61.4 Å². The van der Waals surface area contributed by atoms with Crippen molar-refractivity contribution < 1.29 is 9.53 Å². The summed E-state index contributed by atoms with van der Waals surface area (Å²) < 4.78 is 5.08. The fourth-order valence-corrected chi connectivity index (χ4v) is 2.26. The molecular formula is C18H20N4O2. The average Bonchev–Trinajstić information content (AvgIpc) is 2.57. The molecule has 0 spiro atoms. The minimum Gasteiger partial charge on any atom is -0.497 e. The minimum atomic E-state index is -0.288. The maximum Gasteiger partial charge on any atom is 0.214 e. The SMILES string of the molecule is COc1ccc(C(=O)C(/C=N\N)=N\Nc2cc(C)cc(C)c2)cc1. The molecule has 0 aliphatic heterocycles. The van der Waals surface area contributed by atoms with Gasteiger partial charge in [0, 0.05) is 5.56 Å². The first kappa shape index (κ1) is 17.2. The monoisotopic (exact) mass is 324 g/mol. The Labute approximate surface area is 141 Å². The predicted octanol–water partition coefficient (Wildman–Crippen LogP) is 2.91. The summed E-state index contributed by atoms with van der Waals surface area (Å²) in [5.74, 6) is 5.58. The Hall–Kier alpha value is -3.15. The Bertz CT molecular complexity index is 760. The molecule has 0 aromatic heterocycles. The number of Topliss-reactive ketones (excluding diaryl/α,β-unsaturated/α-hetero) is 1. The molecule has 6 nitrogen and oxygen atoms in total. The van der Waals surface area contributed by atoms with E-state index in [0.717, 1.165) is 16.8 Å². The summed E-state index contributed by atoms with van der Waals surface area (Å²) in [6.07, 6.45) is 1.22. The van der Waals surface area contributed by atoms with E-state index in [9.17, 15) is 4.79 Å². The third-order valence-corrected chi connectivity index (χ3v) is 3.31. The van der Waals surface area contributed by atoms with Crippen LogP contribution in [0, 0.1) is 13.8 Å². The third-order valence-electron chi connectivity index (χ3n) is 3.31. The number of methoxy groups -OCH3 is 1. The van der Waals surface area contributed by atoms with E-state index in [0.29, 0.717) is 11.3 Å². The predicted molar refractivity (Wildman–Crippen MR) is 97.0 cm³/mol. The van der Waals surface area contributed by atoms with Gasteiger partial charge in [-0.3, -0.25) is 10.2 Å². The number of hydrogen-bond donors (Lipinski definition) is 2. The number of carbonyl (C=O) groups excluding carboxylic acids is 1. The summed E-state index contributed by atoms with van der Waals surface area (Å²) in [4.78, 5) is 12.5. The Balaban J connectivity index is 2.25. The number of nitrogens with zero attached hydrogens (tertiary/aromatic N) is 2. The van der Waals surface area contributed by atoms with Crippen molar-refractivity contribution in [3.63, 3.8) is 0 Å². The van der Waals surface area contributed by atoms with Crippen molar-refractivity contribution in [3.8, 4) is 5.75 Å². The highest BCUT2D eigenvalue weighted by Gasteiger charge is 2.13. The number of ketones is 1. The van der Waals surface area contributed by atoms with Gasteiger partial charge in [0.1, 0.15) is 5.75 Å². The number of rotatable bonds is 6. The number of nitrogens with two attached hydrogens (primary N) is 1. The van der Waals surface area contributed by atoms with Crippen LogP contribution in [-0.4, -0.2) is 24.8 Å². The fourth-order valence-electron chi connectivity index (χ4n) is 2.26. The molecule has 2 rings (SSSR count). The van der Waals surface area contributed by atoms with E-state index in [1.54, 1.807) is 31.4 Å². The van der Waals surface area contributed by atoms with E-state index in [-0.39, 0.29) is 11.5 Å². The topological polar surface area (TPSA) is 89.1 Å². The second-order valence-electron chi connectivity index (χ2n) is 5.32. The van der Waals surface area contributed by atoms with Gasteiger partial charge in [0.05, 0.1) is 19.0 Å². The van der Waals surface area contributed by atoms with Crippen LogP contribution in [0.4, 0.5) is 5.69 Å². The second-order valence-corrected chi connectivity index (χ2v) is 5.32. The molecule has 0 heterocycles. The molecule has 6 heteroatoms. The van der Waals surface area contributed by atoms with Gasteiger partial charge in [-0.2, -0.15) is 10.2 Å². The summed E-state index contributed by atoms with van der Waals surface area (Å²) >= 11 is 0. The number of hydrogen-bond acceptors (Lipinski definition) is 6. The molecule has 0 saturated heterocycles. The molecule has 2 aromatic rings. The number of nitrogens with one attached hydrogen (secondary N) is 1. The summed E-state index contributed by atoms with van der Waals surface area (Å²) in [6.45, 7) is 3.99. The normalized spacial score (nSPS) is 11.5. The van der Waals surface area contributed by atoms with E-state index >= 15 is 0 Å². The number of hydrazone groups is 2. The Morgan fingerprint density at radius 1 is 1.12 bits per heavy atom. The van der Waals surface area contributed by atoms with Gasteiger partial charge >= 0.3 is 0 Å². The quantitative estimate of drug-likeness (QED) is 0.370. The molecule has 0 saturated carbocycles. The molecule has 0 unspecified atom stereocenters. The van der Waals surface area contributed by atoms with Crippen LogP contribution in [0.1, 0.15) is 21.5 Å². The molecule has 3 N–H and O–H groups in total. The number of ether oxygens (including phenoxy) is 1. The first-order valence-electron chi connectivity index (χ1n) is 7.37. The van der Waals surface area contributed by atoms with Crippen molar-refractivity contribution in [3.05, 3.63) is 59.2 Å².